The Morgan fingerprint density at radius 3 is 1.50 bits per heavy atom. The van der Waals surface area contributed by atoms with Crippen LogP contribution in [0.1, 0.15) is 50.7 Å². The largest absolute Gasteiger partial charge is 0.507 e. The summed E-state index contributed by atoms with van der Waals surface area (Å²) in [6.07, 6.45) is 1.11. The van der Waals surface area contributed by atoms with E-state index in [1.54, 1.807) is 33.4 Å². The van der Waals surface area contributed by atoms with Gasteiger partial charge < -0.3 is 19.3 Å². The minimum Gasteiger partial charge on any atom is -0.507 e. The summed E-state index contributed by atoms with van der Waals surface area (Å²) in [5, 5.41) is 23.6. The Kier molecular flexibility index (Phi) is 5.78. The molecule has 166 valence electrons. The van der Waals surface area contributed by atoms with Crippen LogP contribution >= 0.6 is 0 Å². The van der Waals surface area contributed by atoms with Crippen molar-refractivity contribution in [2.45, 2.75) is 52.6 Å². The van der Waals surface area contributed by atoms with Crippen molar-refractivity contribution in [2.24, 2.45) is 0 Å². The van der Waals surface area contributed by atoms with E-state index in [-0.39, 0.29) is 33.7 Å². The molecule has 0 aliphatic carbocycles. The molecular formula is C26H28N2O4. The number of aryl methyl sites for hydroxylation is 2. The third-order valence-electron chi connectivity index (χ3n) is 6.27. The Morgan fingerprint density at radius 2 is 1.12 bits per heavy atom. The first-order valence-corrected chi connectivity index (χ1v) is 11.1. The second kappa shape index (κ2) is 8.54. The molecule has 0 bridgehead atoms. The number of para-hydroxylation sites is 2. The molecule has 6 nitrogen and oxygen atoms in total. The van der Waals surface area contributed by atoms with Gasteiger partial charge in [0.05, 0.1) is 22.2 Å². The lowest BCUT2D eigenvalue weighted by molar-refractivity contribution is 0.450. The molecule has 0 unspecified atom stereocenters. The van der Waals surface area contributed by atoms with Gasteiger partial charge >= 0.3 is 0 Å². The van der Waals surface area contributed by atoms with Gasteiger partial charge in [0.2, 0.25) is 0 Å². The van der Waals surface area contributed by atoms with E-state index in [0.29, 0.717) is 47.7 Å². The molecule has 0 fully saturated rings. The summed E-state index contributed by atoms with van der Waals surface area (Å²) >= 11 is 0. The maximum atomic E-state index is 13.6. The molecule has 0 aliphatic rings. The van der Waals surface area contributed by atoms with Crippen LogP contribution in [0.15, 0.2) is 58.1 Å². The Bertz CT molecular complexity index is 1320. The van der Waals surface area contributed by atoms with Crippen molar-refractivity contribution >= 4 is 21.8 Å². The second-order valence-corrected chi connectivity index (χ2v) is 8.00. The zero-order chi connectivity index (χ0) is 23.0. The van der Waals surface area contributed by atoms with Gasteiger partial charge in [-0.1, -0.05) is 37.6 Å². The molecule has 0 spiro atoms. The van der Waals surface area contributed by atoms with Crippen LogP contribution in [0.3, 0.4) is 0 Å². The molecule has 0 saturated heterocycles. The van der Waals surface area contributed by atoms with E-state index in [4.69, 9.17) is 0 Å². The number of aromatic hydroxyl groups is 2. The third kappa shape index (κ3) is 3.18. The minimum atomic E-state index is -0.732. The Hall–Kier alpha value is -3.54. The van der Waals surface area contributed by atoms with Crippen molar-refractivity contribution in [2.75, 3.05) is 0 Å². The Balaban J connectivity index is 2.14. The SMILES string of the molecule is CCCC(c1c(O)c2ccccc2n(CC)c1=O)c1c(O)c2ccccc2n(CC)c1=O. The van der Waals surface area contributed by atoms with Gasteiger partial charge in [-0.15, -0.1) is 0 Å². The zero-order valence-electron chi connectivity index (χ0n) is 18.6. The van der Waals surface area contributed by atoms with Crippen molar-refractivity contribution in [3.8, 4) is 11.5 Å². The predicted molar refractivity (Wildman–Crippen MR) is 128 cm³/mol. The number of pyridine rings is 2. The average Bonchev–Trinajstić information content (AvgIpc) is 2.80. The number of benzene rings is 2. The summed E-state index contributed by atoms with van der Waals surface area (Å²) < 4.78 is 3.23. The molecule has 0 saturated carbocycles. The third-order valence-corrected chi connectivity index (χ3v) is 6.27. The monoisotopic (exact) mass is 432 g/mol. The van der Waals surface area contributed by atoms with Gasteiger partial charge in [-0.2, -0.15) is 0 Å². The van der Waals surface area contributed by atoms with E-state index in [0.717, 1.165) is 0 Å². The second-order valence-electron chi connectivity index (χ2n) is 8.00. The van der Waals surface area contributed by atoms with E-state index in [1.165, 1.54) is 0 Å². The zero-order valence-corrected chi connectivity index (χ0v) is 18.6. The average molecular weight is 433 g/mol. The van der Waals surface area contributed by atoms with Crippen LogP contribution < -0.4 is 11.1 Å². The van der Waals surface area contributed by atoms with E-state index in [1.807, 2.05) is 45.0 Å². The number of fused-ring (bicyclic) bond motifs is 2. The van der Waals surface area contributed by atoms with Crippen molar-refractivity contribution in [1.82, 2.24) is 9.13 Å². The maximum absolute atomic E-state index is 13.6. The van der Waals surface area contributed by atoms with Gasteiger partial charge in [0.1, 0.15) is 11.5 Å². The predicted octanol–water partition coefficient (Wildman–Crippen LogP) is 4.70. The van der Waals surface area contributed by atoms with Gasteiger partial charge in [0.15, 0.2) is 0 Å². The van der Waals surface area contributed by atoms with Crippen molar-refractivity contribution in [3.63, 3.8) is 0 Å². The highest BCUT2D eigenvalue weighted by Crippen LogP contribution is 2.40. The van der Waals surface area contributed by atoms with Gasteiger partial charge in [0, 0.05) is 29.8 Å². The van der Waals surface area contributed by atoms with Gasteiger partial charge in [0.25, 0.3) is 11.1 Å². The van der Waals surface area contributed by atoms with Crippen LogP contribution in [0.2, 0.25) is 0 Å². The molecular weight excluding hydrogens is 404 g/mol. The standard InChI is InChI=1S/C26H28N2O4/c1-4-11-18(21-23(29)16-12-7-9-14-19(16)27(5-2)25(21)31)22-24(30)17-13-8-10-15-20(17)28(6-3)26(22)32/h7-10,12-15,18,29-30H,4-6,11H2,1-3H3. The maximum Gasteiger partial charge on any atom is 0.258 e. The van der Waals surface area contributed by atoms with Crippen molar-refractivity contribution < 1.29 is 10.2 Å². The molecule has 2 heterocycles. The molecule has 2 aromatic carbocycles. The number of nitrogens with zero attached hydrogens (tertiary/aromatic N) is 2. The van der Waals surface area contributed by atoms with Crippen LogP contribution in [-0.4, -0.2) is 19.3 Å². The highest BCUT2D eigenvalue weighted by Gasteiger charge is 2.30. The molecule has 32 heavy (non-hydrogen) atoms. The highest BCUT2D eigenvalue weighted by molar-refractivity contribution is 5.88. The molecule has 0 atom stereocenters. The molecule has 2 aromatic heterocycles. The fourth-order valence-electron chi connectivity index (χ4n) is 4.80. The van der Waals surface area contributed by atoms with Crippen LogP contribution in [0, 0.1) is 0 Å². The fourth-order valence-corrected chi connectivity index (χ4v) is 4.80. The molecule has 0 radical (unpaired) electrons. The number of rotatable bonds is 6. The molecule has 4 aromatic rings. The smallest absolute Gasteiger partial charge is 0.258 e. The summed E-state index contributed by atoms with van der Waals surface area (Å²) in [5.74, 6) is -0.975. The molecule has 4 rings (SSSR count). The summed E-state index contributed by atoms with van der Waals surface area (Å²) in [6.45, 7) is 6.56. The first-order valence-electron chi connectivity index (χ1n) is 11.1. The summed E-state index contributed by atoms with van der Waals surface area (Å²) in [5.41, 5.74) is 0.945. The first-order chi connectivity index (χ1) is 15.5. The lowest BCUT2D eigenvalue weighted by Gasteiger charge is -2.23. The van der Waals surface area contributed by atoms with Crippen LogP contribution in [0.4, 0.5) is 0 Å². The Morgan fingerprint density at radius 1 is 0.719 bits per heavy atom. The highest BCUT2D eigenvalue weighted by atomic mass is 16.3. The molecule has 2 N–H and O–H groups in total. The van der Waals surface area contributed by atoms with E-state index < -0.39 is 5.92 Å². The van der Waals surface area contributed by atoms with Crippen LogP contribution in [0.5, 0.6) is 11.5 Å². The summed E-state index contributed by atoms with van der Waals surface area (Å²) in [6, 6.07) is 14.4. The molecule has 0 aliphatic heterocycles. The van der Waals surface area contributed by atoms with Gasteiger partial charge in [-0.05, 0) is 44.5 Å². The summed E-state index contributed by atoms with van der Waals surface area (Å²) in [7, 11) is 0. The molecule has 0 amide bonds. The van der Waals surface area contributed by atoms with Crippen LogP contribution in [0.25, 0.3) is 21.8 Å². The van der Waals surface area contributed by atoms with E-state index in [9.17, 15) is 19.8 Å². The normalized spacial score (nSPS) is 11.6. The first kappa shape index (κ1) is 21.7. The molecule has 6 heteroatoms. The van der Waals surface area contributed by atoms with E-state index in [2.05, 4.69) is 0 Å². The lowest BCUT2D eigenvalue weighted by atomic mass is 9.86. The number of aromatic nitrogens is 2. The van der Waals surface area contributed by atoms with Crippen molar-refractivity contribution in [1.29, 1.82) is 0 Å². The number of hydrogen-bond acceptors (Lipinski definition) is 4. The van der Waals surface area contributed by atoms with Gasteiger partial charge in [-0.25, -0.2) is 0 Å². The van der Waals surface area contributed by atoms with E-state index >= 15 is 0 Å². The van der Waals surface area contributed by atoms with Crippen molar-refractivity contribution in [3.05, 3.63) is 80.4 Å². The fraction of sp³-hybridized carbons (Fsp3) is 0.308. The topological polar surface area (TPSA) is 84.5 Å². The Labute approximate surface area is 186 Å². The van der Waals surface area contributed by atoms with Gasteiger partial charge in [-0.3, -0.25) is 9.59 Å². The lowest BCUT2D eigenvalue weighted by Crippen LogP contribution is -2.31. The van der Waals surface area contributed by atoms with Crippen LogP contribution in [-0.2, 0) is 13.1 Å². The summed E-state index contributed by atoms with van der Waals surface area (Å²) in [4.78, 5) is 27.2. The quantitative estimate of drug-likeness (QED) is 0.463. The number of hydrogen-bond donors (Lipinski definition) is 2. The minimum absolute atomic E-state index is 0.122.